The fourth-order valence-corrected chi connectivity index (χ4v) is 1.69. The Kier molecular flexibility index (Phi) is 3.51. The van der Waals surface area contributed by atoms with E-state index in [0.29, 0.717) is 11.1 Å². The summed E-state index contributed by atoms with van der Waals surface area (Å²) in [5, 5.41) is 13.5. The Morgan fingerprint density at radius 2 is 2.11 bits per heavy atom. The first kappa shape index (κ1) is 12.7. The summed E-state index contributed by atoms with van der Waals surface area (Å²) in [5.74, 6) is -0.429. The van der Waals surface area contributed by atoms with Crippen LogP contribution in [0.4, 0.5) is 11.4 Å². The van der Waals surface area contributed by atoms with Gasteiger partial charge in [-0.25, -0.2) is 0 Å². The minimum atomic E-state index is -0.506. The van der Waals surface area contributed by atoms with Crippen LogP contribution < -0.4 is 5.32 Å². The van der Waals surface area contributed by atoms with Gasteiger partial charge in [0.1, 0.15) is 5.69 Å². The topological polar surface area (TPSA) is 85.1 Å². The first-order valence-electron chi connectivity index (χ1n) is 5.55. The van der Waals surface area contributed by atoms with E-state index in [-0.39, 0.29) is 11.4 Å². The number of nitro groups is 1. The molecule has 19 heavy (non-hydrogen) atoms. The number of hydrogen-bond acceptors (Lipinski definition) is 4. The van der Waals surface area contributed by atoms with Crippen molar-refractivity contribution < 1.29 is 9.72 Å². The highest BCUT2D eigenvalue weighted by molar-refractivity contribution is 6.05. The molecule has 6 nitrogen and oxygen atoms in total. The monoisotopic (exact) mass is 257 g/mol. The highest BCUT2D eigenvalue weighted by Gasteiger charge is 2.18. The largest absolute Gasteiger partial charge is 0.316 e. The van der Waals surface area contributed by atoms with Crippen LogP contribution in [-0.4, -0.2) is 15.8 Å². The van der Waals surface area contributed by atoms with Crippen molar-refractivity contribution in [2.75, 3.05) is 5.32 Å². The summed E-state index contributed by atoms with van der Waals surface area (Å²) >= 11 is 0. The van der Waals surface area contributed by atoms with Gasteiger partial charge in [0, 0.05) is 18.0 Å². The van der Waals surface area contributed by atoms with Crippen LogP contribution in [0.2, 0.25) is 0 Å². The SMILES string of the molecule is Cc1cccc(NC(=O)c2cccnc2)c1[N+](=O)[O-]. The highest BCUT2D eigenvalue weighted by atomic mass is 16.6. The average Bonchev–Trinajstić information content (AvgIpc) is 2.39. The molecule has 0 aliphatic carbocycles. The van der Waals surface area contributed by atoms with E-state index in [4.69, 9.17) is 0 Å². The van der Waals surface area contributed by atoms with Crippen LogP contribution in [-0.2, 0) is 0 Å². The summed E-state index contributed by atoms with van der Waals surface area (Å²) in [4.78, 5) is 26.3. The van der Waals surface area contributed by atoms with E-state index in [1.165, 1.54) is 12.3 Å². The van der Waals surface area contributed by atoms with Gasteiger partial charge in [-0.3, -0.25) is 19.9 Å². The number of hydrogen-bond donors (Lipinski definition) is 1. The van der Waals surface area contributed by atoms with E-state index in [1.807, 2.05) is 0 Å². The Morgan fingerprint density at radius 1 is 1.32 bits per heavy atom. The van der Waals surface area contributed by atoms with E-state index in [2.05, 4.69) is 10.3 Å². The number of nitrogens with one attached hydrogen (secondary N) is 1. The third-order valence-corrected chi connectivity index (χ3v) is 2.59. The van der Waals surface area contributed by atoms with Crippen molar-refractivity contribution in [3.8, 4) is 0 Å². The number of rotatable bonds is 3. The molecule has 0 saturated carbocycles. The number of anilines is 1. The maximum Gasteiger partial charge on any atom is 0.295 e. The second-order valence-electron chi connectivity index (χ2n) is 3.92. The zero-order valence-corrected chi connectivity index (χ0v) is 10.2. The lowest BCUT2D eigenvalue weighted by Crippen LogP contribution is -2.13. The second-order valence-corrected chi connectivity index (χ2v) is 3.92. The van der Waals surface area contributed by atoms with Crippen molar-refractivity contribution in [2.45, 2.75) is 6.92 Å². The molecule has 1 heterocycles. The van der Waals surface area contributed by atoms with Gasteiger partial charge in [0.25, 0.3) is 11.6 Å². The van der Waals surface area contributed by atoms with Crippen molar-refractivity contribution in [1.82, 2.24) is 4.98 Å². The molecule has 1 N–H and O–H groups in total. The second kappa shape index (κ2) is 5.26. The van der Waals surface area contributed by atoms with Gasteiger partial charge in [0.15, 0.2) is 0 Å². The van der Waals surface area contributed by atoms with Crippen LogP contribution in [0.5, 0.6) is 0 Å². The van der Waals surface area contributed by atoms with Gasteiger partial charge in [-0.15, -0.1) is 0 Å². The molecule has 1 aromatic carbocycles. The lowest BCUT2D eigenvalue weighted by atomic mass is 10.1. The zero-order chi connectivity index (χ0) is 13.8. The number of para-hydroxylation sites is 1. The predicted octanol–water partition coefficient (Wildman–Crippen LogP) is 2.55. The van der Waals surface area contributed by atoms with Crippen LogP contribution in [0.15, 0.2) is 42.7 Å². The number of nitrogens with zero attached hydrogens (tertiary/aromatic N) is 2. The average molecular weight is 257 g/mol. The van der Waals surface area contributed by atoms with E-state index < -0.39 is 10.8 Å². The molecule has 0 bridgehead atoms. The van der Waals surface area contributed by atoms with Crippen molar-refractivity contribution in [1.29, 1.82) is 0 Å². The van der Waals surface area contributed by atoms with E-state index >= 15 is 0 Å². The van der Waals surface area contributed by atoms with Crippen molar-refractivity contribution >= 4 is 17.3 Å². The number of pyridine rings is 1. The van der Waals surface area contributed by atoms with Crippen LogP contribution in [0.3, 0.4) is 0 Å². The van der Waals surface area contributed by atoms with Gasteiger partial charge in [-0.1, -0.05) is 12.1 Å². The third-order valence-electron chi connectivity index (χ3n) is 2.59. The molecule has 2 rings (SSSR count). The number of nitro benzene ring substituents is 1. The first-order valence-corrected chi connectivity index (χ1v) is 5.55. The summed E-state index contributed by atoms with van der Waals surface area (Å²) in [5.41, 5.74) is 0.922. The number of carbonyl (C=O) groups excluding carboxylic acids is 1. The minimum Gasteiger partial charge on any atom is -0.316 e. The van der Waals surface area contributed by atoms with E-state index in [9.17, 15) is 14.9 Å². The van der Waals surface area contributed by atoms with E-state index in [0.717, 1.165) is 0 Å². The maximum absolute atomic E-state index is 11.9. The van der Waals surface area contributed by atoms with Crippen molar-refractivity contribution in [2.24, 2.45) is 0 Å². The molecule has 0 radical (unpaired) electrons. The molecule has 1 amide bonds. The Labute approximate surface area is 109 Å². The standard InChI is InChI=1S/C13H11N3O3/c1-9-4-2-6-11(12(9)16(18)19)15-13(17)10-5-3-7-14-8-10/h2-8H,1H3,(H,15,17). The Bertz CT molecular complexity index is 626. The summed E-state index contributed by atoms with van der Waals surface area (Å²) in [6.45, 7) is 1.62. The van der Waals surface area contributed by atoms with Gasteiger partial charge in [0.05, 0.1) is 10.5 Å². The van der Waals surface area contributed by atoms with Gasteiger partial charge in [0.2, 0.25) is 0 Å². The summed E-state index contributed by atoms with van der Waals surface area (Å²) < 4.78 is 0. The van der Waals surface area contributed by atoms with Gasteiger partial charge >= 0.3 is 0 Å². The number of aryl methyl sites for hydroxylation is 1. The van der Waals surface area contributed by atoms with Crippen LogP contribution >= 0.6 is 0 Å². The lowest BCUT2D eigenvalue weighted by molar-refractivity contribution is -0.384. The van der Waals surface area contributed by atoms with Gasteiger partial charge in [-0.2, -0.15) is 0 Å². The molecule has 0 fully saturated rings. The maximum atomic E-state index is 11.9. The summed E-state index contributed by atoms with van der Waals surface area (Å²) in [7, 11) is 0. The highest BCUT2D eigenvalue weighted by Crippen LogP contribution is 2.28. The summed E-state index contributed by atoms with van der Waals surface area (Å²) in [6, 6.07) is 7.99. The normalized spacial score (nSPS) is 9.95. The molecule has 0 unspecified atom stereocenters. The minimum absolute atomic E-state index is 0.0975. The van der Waals surface area contributed by atoms with Crippen LogP contribution in [0.25, 0.3) is 0 Å². The Hall–Kier alpha value is -2.76. The molecule has 1 aromatic heterocycles. The molecule has 0 spiro atoms. The molecule has 96 valence electrons. The number of aromatic nitrogens is 1. The zero-order valence-electron chi connectivity index (χ0n) is 10.2. The molecule has 0 atom stereocenters. The van der Waals surface area contributed by atoms with Crippen molar-refractivity contribution in [3.63, 3.8) is 0 Å². The smallest absolute Gasteiger partial charge is 0.295 e. The molecule has 6 heteroatoms. The molecule has 2 aromatic rings. The fraction of sp³-hybridized carbons (Fsp3) is 0.0769. The molecule has 0 saturated heterocycles. The molecular weight excluding hydrogens is 246 g/mol. The summed E-state index contributed by atoms with van der Waals surface area (Å²) in [6.07, 6.45) is 2.95. The van der Waals surface area contributed by atoms with E-state index in [1.54, 1.807) is 37.4 Å². The first-order chi connectivity index (χ1) is 9.09. The van der Waals surface area contributed by atoms with Gasteiger partial charge < -0.3 is 5.32 Å². The number of carbonyl (C=O) groups is 1. The van der Waals surface area contributed by atoms with Gasteiger partial charge in [-0.05, 0) is 25.1 Å². The predicted molar refractivity (Wildman–Crippen MR) is 70.0 cm³/mol. The van der Waals surface area contributed by atoms with Crippen LogP contribution in [0, 0.1) is 17.0 Å². The number of benzene rings is 1. The third kappa shape index (κ3) is 2.74. The molecule has 0 aliphatic heterocycles. The lowest BCUT2D eigenvalue weighted by Gasteiger charge is -2.07. The fourth-order valence-electron chi connectivity index (χ4n) is 1.69. The Morgan fingerprint density at radius 3 is 2.74 bits per heavy atom. The quantitative estimate of drug-likeness (QED) is 0.676. The molecular formula is C13H11N3O3. The van der Waals surface area contributed by atoms with Crippen molar-refractivity contribution in [3.05, 3.63) is 64.0 Å². The Balaban J connectivity index is 2.32. The van der Waals surface area contributed by atoms with Crippen LogP contribution in [0.1, 0.15) is 15.9 Å². The molecule has 0 aliphatic rings. The number of amides is 1.